The fourth-order valence-electron chi connectivity index (χ4n) is 3.05. The third kappa shape index (κ3) is 2.99. The monoisotopic (exact) mass is 318 g/mol. The van der Waals surface area contributed by atoms with E-state index >= 15 is 0 Å². The van der Waals surface area contributed by atoms with Gasteiger partial charge in [0.05, 0.1) is 18.5 Å². The molecule has 0 amide bonds. The van der Waals surface area contributed by atoms with Crippen LogP contribution in [-0.4, -0.2) is 43.5 Å². The quantitative estimate of drug-likeness (QED) is 0.883. The van der Waals surface area contributed by atoms with Crippen LogP contribution in [0.15, 0.2) is 24.3 Å². The Morgan fingerprint density at radius 3 is 2.82 bits per heavy atom. The maximum absolute atomic E-state index is 9.80. The predicted molar refractivity (Wildman–Crippen MR) is 88.7 cm³/mol. The number of piperidine rings is 1. The fraction of sp³-hybridized carbons (Fsp3) is 0.500. The molecule has 0 spiro atoms. The van der Waals surface area contributed by atoms with Crippen molar-refractivity contribution in [3.63, 3.8) is 0 Å². The maximum atomic E-state index is 9.80. The van der Waals surface area contributed by atoms with Crippen LogP contribution in [0.5, 0.6) is 0 Å². The van der Waals surface area contributed by atoms with Crippen LogP contribution < -0.4 is 0 Å². The van der Waals surface area contributed by atoms with Crippen LogP contribution in [0.2, 0.25) is 0 Å². The molecule has 5 nitrogen and oxygen atoms in total. The molecule has 22 heavy (non-hydrogen) atoms. The summed E-state index contributed by atoms with van der Waals surface area (Å²) in [5.74, 6) is 0.886. The van der Waals surface area contributed by atoms with E-state index in [0.29, 0.717) is 18.0 Å². The normalized spacial score (nSPS) is 19.5. The molecule has 1 atom stereocenters. The number of aromatic nitrogens is 3. The molecule has 0 radical (unpaired) electrons. The van der Waals surface area contributed by atoms with Gasteiger partial charge >= 0.3 is 0 Å². The molecule has 1 N–H and O–H groups in total. The highest BCUT2D eigenvalue weighted by molar-refractivity contribution is 7.71. The van der Waals surface area contributed by atoms with Gasteiger partial charge in [-0.3, -0.25) is 9.47 Å². The van der Waals surface area contributed by atoms with Gasteiger partial charge in [-0.2, -0.15) is 5.10 Å². The van der Waals surface area contributed by atoms with Gasteiger partial charge in [0.1, 0.15) is 5.82 Å². The van der Waals surface area contributed by atoms with Gasteiger partial charge in [-0.05, 0) is 50.5 Å². The zero-order valence-corrected chi connectivity index (χ0v) is 13.9. The smallest absolute Gasteiger partial charge is 0.203 e. The SMILES string of the molecule is Cc1ccccc1-n1c(C)nn(CN2CCC[C@@H](O)C2)c1=S. The van der Waals surface area contributed by atoms with Crippen molar-refractivity contribution >= 4 is 12.2 Å². The first-order valence-electron chi connectivity index (χ1n) is 7.69. The summed E-state index contributed by atoms with van der Waals surface area (Å²) in [4.78, 5) is 2.21. The minimum absolute atomic E-state index is 0.234. The molecule has 1 aromatic heterocycles. The van der Waals surface area contributed by atoms with Gasteiger partial charge in [0.25, 0.3) is 0 Å². The second-order valence-electron chi connectivity index (χ2n) is 5.97. The summed E-state index contributed by atoms with van der Waals surface area (Å²) in [6, 6.07) is 8.18. The molecule has 6 heteroatoms. The number of likely N-dealkylation sites (tertiary alicyclic amines) is 1. The van der Waals surface area contributed by atoms with E-state index in [1.165, 1.54) is 5.56 Å². The minimum Gasteiger partial charge on any atom is -0.392 e. The van der Waals surface area contributed by atoms with Crippen LogP contribution in [0.1, 0.15) is 24.2 Å². The predicted octanol–water partition coefficient (Wildman–Crippen LogP) is 2.43. The van der Waals surface area contributed by atoms with Gasteiger partial charge in [0, 0.05) is 13.1 Å². The van der Waals surface area contributed by atoms with Crippen molar-refractivity contribution in [3.8, 4) is 5.69 Å². The van der Waals surface area contributed by atoms with Crippen LogP contribution in [0, 0.1) is 18.6 Å². The lowest BCUT2D eigenvalue weighted by atomic mass is 10.1. The van der Waals surface area contributed by atoms with Crippen LogP contribution in [0.4, 0.5) is 0 Å². The summed E-state index contributed by atoms with van der Waals surface area (Å²) in [6.45, 7) is 6.36. The number of para-hydroxylation sites is 1. The molecule has 2 aromatic rings. The van der Waals surface area contributed by atoms with Crippen molar-refractivity contribution < 1.29 is 5.11 Å². The molecule has 118 valence electrons. The van der Waals surface area contributed by atoms with E-state index in [2.05, 4.69) is 29.1 Å². The molecule has 1 fully saturated rings. The largest absolute Gasteiger partial charge is 0.392 e. The Balaban J connectivity index is 1.91. The number of rotatable bonds is 3. The van der Waals surface area contributed by atoms with Crippen molar-refractivity contribution in [3.05, 3.63) is 40.4 Å². The van der Waals surface area contributed by atoms with E-state index in [9.17, 15) is 5.11 Å². The molecule has 0 unspecified atom stereocenters. The van der Waals surface area contributed by atoms with E-state index in [4.69, 9.17) is 12.2 Å². The van der Waals surface area contributed by atoms with Crippen LogP contribution in [0.25, 0.3) is 5.69 Å². The minimum atomic E-state index is -0.234. The second kappa shape index (κ2) is 6.32. The molecule has 0 aliphatic carbocycles. The van der Waals surface area contributed by atoms with E-state index in [1.54, 1.807) is 0 Å². The molecule has 1 saturated heterocycles. The van der Waals surface area contributed by atoms with Crippen molar-refractivity contribution in [2.24, 2.45) is 0 Å². The first-order chi connectivity index (χ1) is 10.6. The number of aliphatic hydroxyl groups is 1. The molecule has 1 aromatic carbocycles. The van der Waals surface area contributed by atoms with E-state index in [0.717, 1.165) is 30.9 Å². The number of hydrogen-bond donors (Lipinski definition) is 1. The van der Waals surface area contributed by atoms with Crippen LogP contribution in [-0.2, 0) is 6.67 Å². The van der Waals surface area contributed by atoms with E-state index in [-0.39, 0.29) is 6.10 Å². The van der Waals surface area contributed by atoms with E-state index < -0.39 is 0 Å². The molecule has 0 bridgehead atoms. The average Bonchev–Trinajstić information content (AvgIpc) is 2.74. The Morgan fingerprint density at radius 1 is 1.32 bits per heavy atom. The highest BCUT2D eigenvalue weighted by atomic mass is 32.1. The van der Waals surface area contributed by atoms with Gasteiger partial charge in [0.2, 0.25) is 4.77 Å². The number of hydrogen-bond acceptors (Lipinski definition) is 4. The highest BCUT2D eigenvalue weighted by Gasteiger charge is 2.19. The van der Waals surface area contributed by atoms with Gasteiger partial charge < -0.3 is 5.11 Å². The fourth-order valence-corrected chi connectivity index (χ4v) is 3.38. The van der Waals surface area contributed by atoms with Crippen molar-refractivity contribution in [1.29, 1.82) is 0 Å². The third-order valence-corrected chi connectivity index (χ3v) is 4.57. The summed E-state index contributed by atoms with van der Waals surface area (Å²) in [5, 5.41) is 14.4. The van der Waals surface area contributed by atoms with Crippen LogP contribution in [0.3, 0.4) is 0 Å². The van der Waals surface area contributed by atoms with Crippen molar-refractivity contribution in [1.82, 2.24) is 19.2 Å². The number of aliphatic hydroxyl groups excluding tert-OH is 1. The summed E-state index contributed by atoms with van der Waals surface area (Å²) >= 11 is 5.63. The number of aryl methyl sites for hydroxylation is 2. The molecule has 0 saturated carbocycles. The Morgan fingerprint density at radius 2 is 2.09 bits per heavy atom. The van der Waals surface area contributed by atoms with Gasteiger partial charge in [0.15, 0.2) is 0 Å². The highest BCUT2D eigenvalue weighted by Crippen LogP contribution is 2.17. The van der Waals surface area contributed by atoms with E-state index in [1.807, 2.05) is 28.3 Å². The number of benzene rings is 1. The Hall–Kier alpha value is -1.50. The van der Waals surface area contributed by atoms with Crippen LogP contribution >= 0.6 is 12.2 Å². The third-order valence-electron chi connectivity index (χ3n) is 4.17. The summed E-state index contributed by atoms with van der Waals surface area (Å²) in [6.07, 6.45) is 1.67. The number of β-amino-alcohol motifs (C(OH)–C–C–N with tert-alkyl or cyclic N) is 1. The molecule has 1 aliphatic heterocycles. The standard InChI is InChI=1S/C16H22N4OS/c1-12-6-3-4-8-15(12)20-13(2)17-19(16(20)22)11-18-9-5-7-14(21)10-18/h3-4,6,8,14,21H,5,7,9-11H2,1-2H3/t14-/m1/s1. The van der Waals surface area contributed by atoms with Crippen molar-refractivity contribution in [2.45, 2.75) is 39.5 Å². The molecular weight excluding hydrogens is 296 g/mol. The Kier molecular flexibility index (Phi) is 4.42. The molecule has 2 heterocycles. The lowest BCUT2D eigenvalue weighted by Gasteiger charge is -2.29. The Labute approximate surface area is 135 Å². The number of nitrogens with zero attached hydrogens (tertiary/aromatic N) is 4. The average molecular weight is 318 g/mol. The summed E-state index contributed by atoms with van der Waals surface area (Å²) in [5.41, 5.74) is 2.25. The maximum Gasteiger partial charge on any atom is 0.203 e. The lowest BCUT2D eigenvalue weighted by molar-refractivity contribution is 0.0512. The first kappa shape index (κ1) is 15.4. The summed E-state index contributed by atoms with van der Waals surface area (Å²) in [7, 11) is 0. The zero-order chi connectivity index (χ0) is 15.7. The molecular formula is C16H22N4OS. The topological polar surface area (TPSA) is 46.2 Å². The van der Waals surface area contributed by atoms with Gasteiger partial charge in [-0.1, -0.05) is 18.2 Å². The molecule has 3 rings (SSSR count). The van der Waals surface area contributed by atoms with Crippen molar-refractivity contribution in [2.75, 3.05) is 13.1 Å². The van der Waals surface area contributed by atoms with Gasteiger partial charge in [-0.25, -0.2) is 4.68 Å². The van der Waals surface area contributed by atoms with Gasteiger partial charge in [-0.15, -0.1) is 0 Å². The molecule has 1 aliphatic rings. The second-order valence-corrected chi connectivity index (χ2v) is 6.33. The summed E-state index contributed by atoms with van der Waals surface area (Å²) < 4.78 is 4.58. The Bertz CT molecular complexity index is 721. The lowest BCUT2D eigenvalue weighted by Crippen LogP contribution is -2.39. The first-order valence-corrected chi connectivity index (χ1v) is 8.10. The zero-order valence-electron chi connectivity index (χ0n) is 13.1.